The maximum absolute atomic E-state index is 6.51. The third-order valence-corrected chi connectivity index (χ3v) is 25.3. The van der Waals surface area contributed by atoms with Crippen LogP contribution in [0.15, 0.2) is 426 Å². The van der Waals surface area contributed by atoms with Crippen LogP contribution in [-0.2, 0) is 0 Å². The Morgan fingerprint density at radius 1 is 0.163 bits per heavy atom. The molecule has 11 heterocycles. The zero-order valence-corrected chi connectivity index (χ0v) is 66.1. The lowest BCUT2D eigenvalue weighted by Gasteiger charge is -2.12. The van der Waals surface area contributed by atoms with E-state index < -0.39 is 0 Å². The van der Waals surface area contributed by atoms with Gasteiger partial charge in [0.1, 0.15) is 39.3 Å². The minimum Gasteiger partial charge on any atom is -0.456 e. The summed E-state index contributed by atoms with van der Waals surface area (Å²) in [6.07, 6.45) is 3.98. The summed E-state index contributed by atoms with van der Waals surface area (Å²) in [4.78, 5) is 10.1. The number of nitrogens with zero attached hydrogens (tertiary/aromatic N) is 8. The lowest BCUT2D eigenvalue weighted by Crippen LogP contribution is -2.00. The van der Waals surface area contributed by atoms with Crippen LogP contribution in [-0.4, -0.2) is 37.4 Å². The average molecular weight is 1570 g/mol. The van der Waals surface area contributed by atoms with E-state index in [1.54, 1.807) is 0 Å². The predicted molar refractivity (Wildman–Crippen MR) is 508 cm³/mol. The Kier molecular flexibility index (Phi) is 14.9. The van der Waals surface area contributed by atoms with Crippen molar-refractivity contribution in [2.75, 3.05) is 0 Å². The monoisotopic (exact) mass is 1570 g/mol. The maximum atomic E-state index is 6.51. The highest BCUT2D eigenvalue weighted by molar-refractivity contribution is 6.30. The van der Waals surface area contributed by atoms with Crippen molar-refractivity contribution in [2.24, 2.45) is 0 Å². The Labute approximate surface area is 701 Å². The number of pyridine rings is 2. The van der Waals surface area contributed by atoms with Crippen molar-refractivity contribution in [1.29, 1.82) is 0 Å². The molecule has 123 heavy (non-hydrogen) atoms. The number of aromatic nitrogens is 8. The van der Waals surface area contributed by atoms with E-state index in [2.05, 4.69) is 397 Å². The van der Waals surface area contributed by atoms with E-state index in [4.69, 9.17) is 23.2 Å². The second-order valence-electron chi connectivity index (χ2n) is 31.8. The molecule has 0 atom stereocenters. The Morgan fingerprint density at radius 3 is 0.846 bits per heavy atom. The van der Waals surface area contributed by atoms with Gasteiger partial charge in [-0.25, -0.2) is 4.98 Å². The van der Waals surface area contributed by atoms with E-state index >= 15 is 0 Å². The second kappa shape index (κ2) is 26.9. The number of hydrogen-bond acceptors (Lipinski definition) is 5. The van der Waals surface area contributed by atoms with Crippen LogP contribution in [0.4, 0.5) is 0 Å². The summed E-state index contributed by atoms with van der Waals surface area (Å²) in [7, 11) is 0. The highest BCUT2D eigenvalue weighted by Crippen LogP contribution is 2.47. The molecule has 11 nitrogen and oxygen atoms in total. The molecule has 0 aliphatic carbocycles. The molecule has 0 saturated carbocycles. The number of fused-ring (bicyclic) bond motifs is 15. The third-order valence-electron chi connectivity index (χ3n) is 25.3. The van der Waals surface area contributed by atoms with Crippen LogP contribution in [0.2, 0.25) is 0 Å². The summed E-state index contributed by atoms with van der Waals surface area (Å²) >= 11 is 0. The van der Waals surface area contributed by atoms with E-state index in [1.807, 2.05) is 42.7 Å². The molecule has 0 N–H and O–H groups in total. The molecule has 0 spiro atoms. The van der Waals surface area contributed by atoms with Gasteiger partial charge < -0.3 is 36.1 Å². The van der Waals surface area contributed by atoms with Gasteiger partial charge in [-0.3, -0.25) is 9.55 Å². The normalized spacial score (nSPS) is 12.1. The van der Waals surface area contributed by atoms with Crippen molar-refractivity contribution < 1.29 is 13.3 Å². The smallest absolute Gasteiger partial charge is 0.137 e. The van der Waals surface area contributed by atoms with Crippen LogP contribution >= 0.6 is 0 Å². The topological polar surface area (TPSA) is 94.8 Å². The molecular weight excluding hydrogens is 1510 g/mol. The quantitative estimate of drug-likeness (QED) is 0.158. The first-order valence-electron chi connectivity index (χ1n) is 41.7. The molecule has 0 amide bonds. The van der Waals surface area contributed by atoms with E-state index in [0.717, 1.165) is 139 Å². The van der Waals surface area contributed by atoms with Gasteiger partial charge in [-0.1, -0.05) is 224 Å². The highest BCUT2D eigenvalue weighted by Gasteiger charge is 2.25. The van der Waals surface area contributed by atoms with Gasteiger partial charge in [0, 0.05) is 87.3 Å². The molecule has 0 aliphatic rings. The number of hydrogen-bond donors (Lipinski definition) is 0. The molecular formula is C112H68N8O3. The molecule has 28 rings (SSSR count). The standard InChI is InChI=1S/C41H25N3O.C36H22N2O.C35H21N3O/c1-2-10-27(11-3-1)43-34-15-6-4-12-29(34)32-24-26(20-23-35(32)43)33-22-21-28(25-42-33)44-36-16-8-14-31-30-13-5-7-18-38(30)45-39-19-9-17-37(44)41(39)40(31)36;1-4-13-29-25(9-1)26-10-2-5-14-30(26)37(29)23-19-21-24(22-20-23)38-31-15-7-12-28-27-11-3-6-17-33(27)39-34-18-8-16-32(38)36(34)35(28)31;1-4-13-27-23(9-1)24-10-2-5-14-28(24)37(27)22-19-20-33(36-21-22)38-29-15-7-12-26-25-11-3-6-17-31(25)39-32-18-8-16-30(38)35(32)34(26)29/h1-25H;1-22H;1-21H. The van der Waals surface area contributed by atoms with Crippen molar-refractivity contribution >= 4 is 197 Å². The summed E-state index contributed by atoms with van der Waals surface area (Å²) in [5.41, 5.74) is 26.8. The molecule has 17 aromatic carbocycles. The van der Waals surface area contributed by atoms with Gasteiger partial charge in [0.2, 0.25) is 0 Å². The molecule has 0 aliphatic heterocycles. The van der Waals surface area contributed by atoms with E-state index in [9.17, 15) is 0 Å². The SMILES string of the molecule is c1ccc(-n2c3ccccc3c3cc(-c4ccc(-n5c6cccc7oc8ccccc8c8cccc5c8c76)cn4)ccc32)cc1.c1ccc2c(c1)oc1cccc3c1c1c2cccc1n3-c1ccc(-n2c3ccccc3c3ccccc32)cc1.c1ccc2c(c1)oc1cccc3c1c1c2cccc1n3-c1ccc(-n2c3ccccc3c3ccccc32)cn1. The molecule has 28 aromatic rings. The Bertz CT molecular complexity index is 8750. The molecule has 0 saturated heterocycles. The summed E-state index contributed by atoms with van der Waals surface area (Å²) in [6.45, 7) is 0. The van der Waals surface area contributed by atoms with Crippen molar-refractivity contribution in [3.63, 3.8) is 0 Å². The fourth-order valence-corrected chi connectivity index (χ4v) is 20.1. The lowest BCUT2D eigenvalue weighted by atomic mass is 10.1. The lowest BCUT2D eigenvalue weighted by molar-refractivity contribution is 0.663. The maximum Gasteiger partial charge on any atom is 0.137 e. The van der Waals surface area contributed by atoms with Gasteiger partial charge in [0.25, 0.3) is 0 Å². The molecule has 0 unspecified atom stereocenters. The minimum absolute atomic E-state index is 0.871. The zero-order valence-electron chi connectivity index (χ0n) is 66.1. The van der Waals surface area contributed by atoms with Crippen LogP contribution in [0.25, 0.3) is 242 Å². The van der Waals surface area contributed by atoms with Crippen LogP contribution in [0.5, 0.6) is 0 Å². The molecule has 11 aromatic heterocycles. The molecule has 0 radical (unpaired) electrons. The Morgan fingerprint density at radius 2 is 0.439 bits per heavy atom. The summed E-state index contributed by atoms with van der Waals surface area (Å²) in [6, 6.07) is 141. The van der Waals surface area contributed by atoms with Crippen LogP contribution in [0.1, 0.15) is 0 Å². The Balaban J connectivity index is 0.0000000993. The average Bonchev–Trinajstić information content (AvgIpc) is 1.56. The third kappa shape index (κ3) is 10.3. The summed E-state index contributed by atoms with van der Waals surface area (Å²) in [5, 5.41) is 21.4. The first-order valence-corrected chi connectivity index (χ1v) is 41.7. The van der Waals surface area contributed by atoms with Gasteiger partial charge in [0.05, 0.1) is 112 Å². The summed E-state index contributed by atoms with van der Waals surface area (Å²) in [5.74, 6) is 0.877. The first-order chi connectivity index (χ1) is 61.1. The molecule has 0 fully saturated rings. The fraction of sp³-hybridized carbons (Fsp3) is 0. The zero-order chi connectivity index (χ0) is 80.5. The first kappa shape index (κ1) is 68.3. The summed E-state index contributed by atoms with van der Waals surface area (Å²) < 4.78 is 33.4. The predicted octanol–water partition coefficient (Wildman–Crippen LogP) is 29.8. The van der Waals surface area contributed by atoms with E-state index in [0.29, 0.717) is 0 Å². The highest BCUT2D eigenvalue weighted by atomic mass is 16.3. The molecule has 0 bridgehead atoms. The minimum atomic E-state index is 0.871. The van der Waals surface area contributed by atoms with Gasteiger partial charge in [0.15, 0.2) is 0 Å². The largest absolute Gasteiger partial charge is 0.456 e. The molecule has 11 heteroatoms. The molecule has 574 valence electrons. The van der Waals surface area contributed by atoms with Gasteiger partial charge in [-0.15, -0.1) is 0 Å². The van der Waals surface area contributed by atoms with E-state index in [-0.39, 0.29) is 0 Å². The number of para-hydroxylation sites is 9. The van der Waals surface area contributed by atoms with E-state index in [1.165, 1.54) is 103 Å². The second-order valence-corrected chi connectivity index (χ2v) is 31.8. The number of benzene rings is 17. The van der Waals surface area contributed by atoms with Gasteiger partial charge >= 0.3 is 0 Å². The van der Waals surface area contributed by atoms with Crippen molar-refractivity contribution in [3.8, 4) is 45.5 Å². The van der Waals surface area contributed by atoms with Crippen molar-refractivity contribution in [1.82, 2.24) is 37.4 Å². The van der Waals surface area contributed by atoms with Gasteiger partial charge in [-0.2, -0.15) is 0 Å². The number of rotatable bonds is 7. The van der Waals surface area contributed by atoms with Crippen LogP contribution in [0.3, 0.4) is 0 Å². The van der Waals surface area contributed by atoms with Crippen LogP contribution < -0.4 is 0 Å². The van der Waals surface area contributed by atoms with Gasteiger partial charge in [-0.05, 0) is 192 Å². The Hall–Kier alpha value is -16.8. The van der Waals surface area contributed by atoms with Crippen molar-refractivity contribution in [2.45, 2.75) is 0 Å². The van der Waals surface area contributed by atoms with Crippen molar-refractivity contribution in [3.05, 3.63) is 413 Å². The van der Waals surface area contributed by atoms with Crippen LogP contribution in [0, 0.1) is 0 Å². The fourth-order valence-electron chi connectivity index (χ4n) is 20.1.